The molecule has 2 fully saturated rings. The summed E-state index contributed by atoms with van der Waals surface area (Å²) in [6.07, 6.45) is 9.25. The summed E-state index contributed by atoms with van der Waals surface area (Å²) >= 11 is 12.3. The standard InChI is InChI=1S/C16H20Cl2O/c17-12-3-4-14(18)13(11-12)16(19)9-7-15(8-10-16)5-1-2-6-15/h3-4,11,19H,1-2,5-10H2. The van der Waals surface area contributed by atoms with E-state index in [0.29, 0.717) is 15.5 Å². The topological polar surface area (TPSA) is 20.2 Å². The Morgan fingerprint density at radius 1 is 0.895 bits per heavy atom. The highest BCUT2D eigenvalue weighted by Crippen LogP contribution is 2.54. The predicted octanol–water partition coefficient (Wildman–Crippen LogP) is 5.32. The fourth-order valence-corrected chi connectivity index (χ4v) is 4.41. The molecule has 1 N–H and O–H groups in total. The molecule has 2 aliphatic carbocycles. The first kappa shape index (κ1) is 13.7. The molecule has 1 nitrogen and oxygen atoms in total. The van der Waals surface area contributed by atoms with E-state index in [1.165, 1.54) is 25.7 Å². The molecule has 3 heteroatoms. The lowest BCUT2D eigenvalue weighted by Crippen LogP contribution is -2.36. The van der Waals surface area contributed by atoms with Crippen molar-refractivity contribution in [3.8, 4) is 0 Å². The Labute approximate surface area is 124 Å². The summed E-state index contributed by atoms with van der Waals surface area (Å²) in [5.41, 5.74) is 0.544. The molecule has 3 rings (SSSR count). The van der Waals surface area contributed by atoms with Crippen LogP contribution in [0.25, 0.3) is 0 Å². The highest BCUT2D eigenvalue weighted by molar-refractivity contribution is 6.33. The van der Waals surface area contributed by atoms with Crippen LogP contribution in [-0.4, -0.2) is 5.11 Å². The van der Waals surface area contributed by atoms with E-state index in [4.69, 9.17) is 23.2 Å². The van der Waals surface area contributed by atoms with Gasteiger partial charge in [-0.3, -0.25) is 0 Å². The lowest BCUT2D eigenvalue weighted by Gasteiger charge is -2.42. The summed E-state index contributed by atoms with van der Waals surface area (Å²) in [5, 5.41) is 12.2. The maximum Gasteiger partial charge on any atom is 0.0911 e. The number of hydrogen-bond acceptors (Lipinski definition) is 1. The van der Waals surface area contributed by atoms with Crippen LogP contribution in [0.3, 0.4) is 0 Å². The molecule has 2 aliphatic rings. The van der Waals surface area contributed by atoms with Gasteiger partial charge in [0.1, 0.15) is 0 Å². The molecule has 0 radical (unpaired) electrons. The van der Waals surface area contributed by atoms with Crippen molar-refractivity contribution in [1.82, 2.24) is 0 Å². The fourth-order valence-electron chi connectivity index (χ4n) is 3.94. The minimum absolute atomic E-state index is 0.511. The van der Waals surface area contributed by atoms with Crippen LogP contribution in [0.2, 0.25) is 10.0 Å². The molecule has 0 aliphatic heterocycles. The zero-order chi connectivity index (χ0) is 13.5. The van der Waals surface area contributed by atoms with E-state index in [2.05, 4.69) is 0 Å². The van der Waals surface area contributed by atoms with Crippen molar-refractivity contribution in [3.05, 3.63) is 33.8 Å². The van der Waals surface area contributed by atoms with Crippen LogP contribution in [0.5, 0.6) is 0 Å². The number of rotatable bonds is 1. The van der Waals surface area contributed by atoms with Crippen LogP contribution in [0.4, 0.5) is 0 Å². The predicted molar refractivity (Wildman–Crippen MR) is 79.7 cm³/mol. The number of benzene rings is 1. The van der Waals surface area contributed by atoms with Gasteiger partial charge < -0.3 is 5.11 Å². The van der Waals surface area contributed by atoms with Crippen molar-refractivity contribution >= 4 is 23.2 Å². The highest BCUT2D eigenvalue weighted by atomic mass is 35.5. The van der Waals surface area contributed by atoms with Gasteiger partial charge >= 0.3 is 0 Å². The molecule has 0 saturated heterocycles. The Morgan fingerprint density at radius 2 is 1.53 bits per heavy atom. The molecular formula is C16H20Cl2O. The first-order valence-corrected chi connectivity index (χ1v) is 7.97. The Hall–Kier alpha value is -0.240. The second kappa shape index (κ2) is 4.95. The van der Waals surface area contributed by atoms with Crippen molar-refractivity contribution in [3.63, 3.8) is 0 Å². The third kappa shape index (κ3) is 2.53. The smallest absolute Gasteiger partial charge is 0.0911 e. The van der Waals surface area contributed by atoms with Gasteiger partial charge in [-0.25, -0.2) is 0 Å². The molecule has 0 amide bonds. The molecule has 104 valence electrons. The average molecular weight is 299 g/mol. The van der Waals surface area contributed by atoms with Gasteiger partial charge in [-0.15, -0.1) is 0 Å². The van der Waals surface area contributed by atoms with Crippen LogP contribution in [0, 0.1) is 5.41 Å². The van der Waals surface area contributed by atoms with Gasteiger partial charge in [0.2, 0.25) is 0 Å². The Kier molecular flexibility index (Phi) is 3.57. The van der Waals surface area contributed by atoms with E-state index in [9.17, 15) is 5.11 Å². The largest absolute Gasteiger partial charge is 0.385 e. The van der Waals surface area contributed by atoms with Crippen LogP contribution < -0.4 is 0 Å². The molecule has 0 heterocycles. The van der Waals surface area contributed by atoms with Crippen molar-refractivity contribution in [2.75, 3.05) is 0 Å². The molecule has 0 aromatic heterocycles. The highest BCUT2D eigenvalue weighted by Gasteiger charge is 2.44. The van der Waals surface area contributed by atoms with Crippen molar-refractivity contribution in [2.24, 2.45) is 5.41 Å². The molecule has 0 atom stereocenters. The SMILES string of the molecule is OC1(c2cc(Cl)ccc2Cl)CCC2(CCCC2)CC1. The third-order valence-corrected chi connectivity index (χ3v) is 5.80. The van der Waals surface area contributed by atoms with Gasteiger partial charge in [0.25, 0.3) is 0 Å². The first-order valence-electron chi connectivity index (χ1n) is 7.21. The summed E-state index contributed by atoms with van der Waals surface area (Å²) in [4.78, 5) is 0. The zero-order valence-electron chi connectivity index (χ0n) is 11.1. The van der Waals surface area contributed by atoms with E-state index < -0.39 is 5.60 Å². The average Bonchev–Trinajstić information content (AvgIpc) is 2.85. The summed E-state index contributed by atoms with van der Waals surface area (Å²) < 4.78 is 0. The Balaban J connectivity index is 1.83. The quantitative estimate of drug-likeness (QED) is 0.744. The van der Waals surface area contributed by atoms with E-state index in [1.54, 1.807) is 12.1 Å². The summed E-state index contributed by atoms with van der Waals surface area (Å²) in [7, 11) is 0. The molecule has 0 bridgehead atoms. The monoisotopic (exact) mass is 298 g/mol. The van der Waals surface area contributed by atoms with Gasteiger partial charge in [-0.05, 0) is 62.1 Å². The fraction of sp³-hybridized carbons (Fsp3) is 0.625. The van der Waals surface area contributed by atoms with E-state index in [-0.39, 0.29) is 0 Å². The van der Waals surface area contributed by atoms with Crippen LogP contribution in [0.15, 0.2) is 18.2 Å². The van der Waals surface area contributed by atoms with E-state index in [0.717, 1.165) is 31.2 Å². The van der Waals surface area contributed by atoms with Crippen molar-refractivity contribution in [2.45, 2.75) is 57.0 Å². The molecule has 1 aromatic carbocycles. The second-order valence-electron chi connectivity index (χ2n) is 6.36. The molecule has 0 unspecified atom stereocenters. The van der Waals surface area contributed by atoms with Gasteiger partial charge in [0.15, 0.2) is 0 Å². The number of aliphatic hydroxyl groups is 1. The first-order chi connectivity index (χ1) is 9.03. The van der Waals surface area contributed by atoms with Gasteiger partial charge in [0, 0.05) is 15.6 Å². The lowest BCUT2D eigenvalue weighted by molar-refractivity contribution is -0.0375. The van der Waals surface area contributed by atoms with Crippen molar-refractivity contribution in [1.29, 1.82) is 0 Å². The van der Waals surface area contributed by atoms with Crippen LogP contribution in [0.1, 0.15) is 56.9 Å². The lowest BCUT2D eigenvalue weighted by atomic mass is 9.66. The normalized spacial score (nSPS) is 24.8. The molecule has 2 saturated carbocycles. The van der Waals surface area contributed by atoms with Crippen LogP contribution >= 0.6 is 23.2 Å². The number of halogens is 2. The van der Waals surface area contributed by atoms with Gasteiger partial charge in [-0.1, -0.05) is 36.0 Å². The maximum atomic E-state index is 10.9. The minimum atomic E-state index is -0.782. The number of hydrogen-bond donors (Lipinski definition) is 1. The second-order valence-corrected chi connectivity index (χ2v) is 7.21. The molecular weight excluding hydrogens is 279 g/mol. The summed E-state index contributed by atoms with van der Waals surface area (Å²) in [5.74, 6) is 0. The zero-order valence-corrected chi connectivity index (χ0v) is 12.6. The molecule has 1 aromatic rings. The Bertz CT molecular complexity index is 468. The molecule has 1 spiro atoms. The van der Waals surface area contributed by atoms with E-state index >= 15 is 0 Å². The van der Waals surface area contributed by atoms with E-state index in [1.807, 2.05) is 6.07 Å². The Morgan fingerprint density at radius 3 is 2.16 bits per heavy atom. The van der Waals surface area contributed by atoms with Crippen LogP contribution in [-0.2, 0) is 5.60 Å². The van der Waals surface area contributed by atoms with Gasteiger partial charge in [0.05, 0.1) is 5.60 Å². The summed E-state index contributed by atoms with van der Waals surface area (Å²) in [6.45, 7) is 0. The van der Waals surface area contributed by atoms with Crippen molar-refractivity contribution < 1.29 is 5.11 Å². The van der Waals surface area contributed by atoms with Gasteiger partial charge in [-0.2, -0.15) is 0 Å². The molecule has 19 heavy (non-hydrogen) atoms. The minimum Gasteiger partial charge on any atom is -0.385 e. The summed E-state index contributed by atoms with van der Waals surface area (Å²) in [6, 6.07) is 5.39. The third-order valence-electron chi connectivity index (χ3n) is 5.23. The maximum absolute atomic E-state index is 10.9.